The largest absolute Gasteiger partial charge is 0.466 e. The highest BCUT2D eigenvalue weighted by molar-refractivity contribution is 14.1. The molecular formula is C14H19IO3. The molecule has 1 N–H and O–H groups in total. The minimum atomic E-state index is -1.20. The third-order valence-corrected chi connectivity index (χ3v) is 3.81. The average Bonchev–Trinajstić information content (AvgIpc) is 2.30. The number of hydrogen-bond donors (Lipinski definition) is 1. The minimum Gasteiger partial charge on any atom is -0.466 e. The van der Waals surface area contributed by atoms with Gasteiger partial charge < -0.3 is 9.84 Å². The normalized spacial score (nSPS) is 15.8. The van der Waals surface area contributed by atoms with Crippen molar-refractivity contribution in [3.8, 4) is 0 Å². The molecule has 3 nitrogen and oxygen atoms in total. The Morgan fingerprint density at radius 2 is 1.94 bits per heavy atom. The standard InChI is InChI=1S/C14H19IO3/c1-4-12(13(16)18-5-2)14(3,17)10-6-8-11(15)9-7-10/h6-9,12,17H,4-5H2,1-3H3. The number of carbonyl (C=O) groups excluding carboxylic acids is 1. The second kappa shape index (κ2) is 6.52. The summed E-state index contributed by atoms with van der Waals surface area (Å²) < 4.78 is 6.12. The second-order valence-corrected chi connectivity index (χ2v) is 5.61. The lowest BCUT2D eigenvalue weighted by molar-refractivity contribution is -0.158. The highest BCUT2D eigenvalue weighted by Crippen LogP contribution is 2.32. The van der Waals surface area contributed by atoms with E-state index in [4.69, 9.17) is 4.74 Å². The molecule has 0 spiro atoms. The molecule has 0 amide bonds. The molecule has 0 aromatic heterocycles. The molecule has 0 saturated carbocycles. The Morgan fingerprint density at radius 1 is 1.39 bits per heavy atom. The zero-order chi connectivity index (χ0) is 13.8. The van der Waals surface area contributed by atoms with Crippen molar-refractivity contribution in [2.75, 3.05) is 6.61 Å². The predicted molar refractivity (Wildman–Crippen MR) is 79.1 cm³/mol. The van der Waals surface area contributed by atoms with E-state index in [0.717, 1.165) is 9.13 Å². The molecule has 4 heteroatoms. The van der Waals surface area contributed by atoms with Crippen molar-refractivity contribution in [1.29, 1.82) is 0 Å². The van der Waals surface area contributed by atoms with Crippen molar-refractivity contribution in [3.63, 3.8) is 0 Å². The van der Waals surface area contributed by atoms with Crippen molar-refractivity contribution < 1.29 is 14.6 Å². The van der Waals surface area contributed by atoms with Crippen LogP contribution in [0.4, 0.5) is 0 Å². The molecule has 1 aromatic carbocycles. The van der Waals surface area contributed by atoms with E-state index < -0.39 is 11.5 Å². The van der Waals surface area contributed by atoms with E-state index >= 15 is 0 Å². The first-order valence-corrected chi connectivity index (χ1v) is 7.16. The molecular weight excluding hydrogens is 343 g/mol. The molecule has 2 atom stereocenters. The van der Waals surface area contributed by atoms with Gasteiger partial charge in [-0.15, -0.1) is 0 Å². The average molecular weight is 362 g/mol. The number of halogens is 1. The van der Waals surface area contributed by atoms with Crippen LogP contribution in [-0.4, -0.2) is 17.7 Å². The van der Waals surface area contributed by atoms with Gasteiger partial charge in [0.2, 0.25) is 0 Å². The van der Waals surface area contributed by atoms with E-state index in [1.807, 2.05) is 31.2 Å². The second-order valence-electron chi connectivity index (χ2n) is 4.37. The smallest absolute Gasteiger partial charge is 0.312 e. The Hall–Kier alpha value is -0.620. The fraction of sp³-hybridized carbons (Fsp3) is 0.500. The van der Waals surface area contributed by atoms with E-state index in [1.165, 1.54) is 0 Å². The highest BCUT2D eigenvalue weighted by Gasteiger charge is 2.38. The van der Waals surface area contributed by atoms with E-state index in [0.29, 0.717) is 13.0 Å². The van der Waals surface area contributed by atoms with Gasteiger partial charge in [-0.3, -0.25) is 4.79 Å². The Bertz CT molecular complexity index is 398. The van der Waals surface area contributed by atoms with Gasteiger partial charge in [0.15, 0.2) is 0 Å². The molecule has 1 aromatic rings. The number of hydrogen-bond acceptors (Lipinski definition) is 3. The molecule has 0 aliphatic heterocycles. The zero-order valence-corrected chi connectivity index (χ0v) is 13.1. The molecule has 0 aliphatic carbocycles. The van der Waals surface area contributed by atoms with E-state index in [2.05, 4.69) is 22.6 Å². The molecule has 0 saturated heterocycles. The summed E-state index contributed by atoms with van der Waals surface area (Å²) in [6.07, 6.45) is 0.540. The minimum absolute atomic E-state index is 0.331. The van der Waals surface area contributed by atoms with Gasteiger partial charge in [0.25, 0.3) is 0 Å². The lowest BCUT2D eigenvalue weighted by atomic mass is 9.81. The first-order valence-electron chi connectivity index (χ1n) is 6.08. The van der Waals surface area contributed by atoms with Crippen LogP contribution in [0.2, 0.25) is 0 Å². The molecule has 2 unspecified atom stereocenters. The van der Waals surface area contributed by atoms with Crippen molar-refractivity contribution in [2.45, 2.75) is 32.8 Å². The molecule has 0 radical (unpaired) electrons. The fourth-order valence-electron chi connectivity index (χ4n) is 2.02. The number of esters is 1. The van der Waals surface area contributed by atoms with Crippen LogP contribution in [0, 0.1) is 9.49 Å². The number of carbonyl (C=O) groups is 1. The van der Waals surface area contributed by atoms with Crippen LogP contribution in [0.1, 0.15) is 32.8 Å². The summed E-state index contributed by atoms with van der Waals surface area (Å²) in [6, 6.07) is 7.54. The van der Waals surface area contributed by atoms with Crippen LogP contribution >= 0.6 is 22.6 Å². The van der Waals surface area contributed by atoms with E-state index in [9.17, 15) is 9.90 Å². The van der Waals surface area contributed by atoms with Crippen molar-refractivity contribution in [3.05, 3.63) is 33.4 Å². The summed E-state index contributed by atoms with van der Waals surface area (Å²) in [6.45, 7) is 5.64. The lowest BCUT2D eigenvalue weighted by Crippen LogP contribution is -2.38. The molecule has 0 aliphatic rings. The van der Waals surface area contributed by atoms with Crippen molar-refractivity contribution >= 4 is 28.6 Å². The molecule has 100 valence electrons. The molecule has 1 rings (SSSR count). The summed E-state index contributed by atoms with van der Waals surface area (Å²) in [5.74, 6) is -0.888. The van der Waals surface area contributed by atoms with Gasteiger partial charge in [0, 0.05) is 3.57 Å². The first kappa shape index (κ1) is 15.4. The number of rotatable bonds is 5. The highest BCUT2D eigenvalue weighted by atomic mass is 127. The van der Waals surface area contributed by atoms with E-state index in [1.54, 1.807) is 13.8 Å². The number of aliphatic hydroxyl groups is 1. The number of ether oxygens (including phenoxy) is 1. The topological polar surface area (TPSA) is 46.5 Å². The molecule has 18 heavy (non-hydrogen) atoms. The van der Waals surface area contributed by atoms with Crippen molar-refractivity contribution in [1.82, 2.24) is 0 Å². The Kier molecular flexibility index (Phi) is 5.59. The summed E-state index contributed by atoms with van der Waals surface area (Å²) >= 11 is 2.20. The van der Waals surface area contributed by atoms with Gasteiger partial charge in [0.1, 0.15) is 5.60 Å². The van der Waals surface area contributed by atoms with Crippen LogP contribution in [0.15, 0.2) is 24.3 Å². The van der Waals surface area contributed by atoms with Gasteiger partial charge in [-0.05, 0) is 60.6 Å². The maximum Gasteiger partial charge on any atom is 0.312 e. The maximum atomic E-state index is 11.9. The predicted octanol–water partition coefficient (Wildman–Crippen LogP) is 3.09. The summed E-state index contributed by atoms with van der Waals surface area (Å²) in [7, 11) is 0. The van der Waals surface area contributed by atoms with Gasteiger partial charge in [-0.2, -0.15) is 0 Å². The van der Waals surface area contributed by atoms with Crippen LogP contribution in [-0.2, 0) is 15.1 Å². The van der Waals surface area contributed by atoms with Crippen LogP contribution < -0.4 is 0 Å². The quantitative estimate of drug-likeness (QED) is 0.647. The third kappa shape index (κ3) is 3.45. The van der Waals surface area contributed by atoms with Crippen LogP contribution in [0.3, 0.4) is 0 Å². The van der Waals surface area contributed by atoms with E-state index in [-0.39, 0.29) is 5.97 Å². The Labute approximate surface area is 122 Å². The summed E-state index contributed by atoms with van der Waals surface area (Å²) in [4.78, 5) is 11.9. The lowest BCUT2D eigenvalue weighted by Gasteiger charge is -2.31. The maximum absolute atomic E-state index is 11.9. The van der Waals surface area contributed by atoms with Gasteiger partial charge in [-0.1, -0.05) is 19.1 Å². The van der Waals surface area contributed by atoms with Crippen LogP contribution in [0.25, 0.3) is 0 Å². The molecule has 0 fully saturated rings. The summed E-state index contributed by atoms with van der Waals surface area (Å²) in [5, 5.41) is 10.6. The molecule has 0 bridgehead atoms. The Balaban J connectivity index is 3.01. The van der Waals surface area contributed by atoms with Crippen molar-refractivity contribution in [2.24, 2.45) is 5.92 Å². The monoisotopic (exact) mass is 362 g/mol. The fourth-order valence-corrected chi connectivity index (χ4v) is 2.38. The zero-order valence-electron chi connectivity index (χ0n) is 10.9. The Morgan fingerprint density at radius 3 is 2.39 bits per heavy atom. The van der Waals surface area contributed by atoms with Gasteiger partial charge in [0.05, 0.1) is 12.5 Å². The summed E-state index contributed by atoms with van der Waals surface area (Å²) in [5.41, 5.74) is -0.464. The first-order chi connectivity index (χ1) is 8.43. The SMILES string of the molecule is CCOC(=O)C(CC)C(C)(O)c1ccc(I)cc1. The van der Waals surface area contributed by atoms with Gasteiger partial charge >= 0.3 is 5.97 Å². The third-order valence-electron chi connectivity index (χ3n) is 3.09. The van der Waals surface area contributed by atoms with Gasteiger partial charge in [-0.25, -0.2) is 0 Å². The molecule has 0 heterocycles. The number of benzene rings is 1. The van der Waals surface area contributed by atoms with Crippen LogP contribution in [0.5, 0.6) is 0 Å².